The minimum absolute atomic E-state index is 0.0388. The van der Waals surface area contributed by atoms with Crippen LogP contribution >= 0.6 is 11.3 Å². The topological polar surface area (TPSA) is 147 Å². The Bertz CT molecular complexity index is 1410. The summed E-state index contributed by atoms with van der Waals surface area (Å²) in [7, 11) is 0. The molecule has 0 radical (unpaired) electrons. The molecule has 2 aliphatic rings. The number of thiophene rings is 1. The zero-order valence-electron chi connectivity index (χ0n) is 22.1. The first-order chi connectivity index (χ1) is 19.2. The maximum Gasteiger partial charge on any atom is 0.251 e. The number of likely N-dealkylation sites (tertiary alicyclic amines) is 1. The van der Waals surface area contributed by atoms with Gasteiger partial charge in [0.05, 0.1) is 32.8 Å². The quantitative estimate of drug-likeness (QED) is 0.245. The van der Waals surface area contributed by atoms with Crippen molar-refractivity contribution in [3.8, 4) is 11.1 Å². The maximum atomic E-state index is 13.2. The van der Waals surface area contributed by atoms with Crippen LogP contribution in [0.5, 0.6) is 0 Å². The number of nitrogens with zero attached hydrogens (tertiary/aromatic N) is 1. The number of aryl methyl sites for hydroxylation is 1. The number of carbonyl (C=O) groups excluding carboxylic acids is 3. The van der Waals surface area contributed by atoms with Crippen molar-refractivity contribution in [2.24, 2.45) is 5.73 Å². The number of amidine groups is 1. The van der Waals surface area contributed by atoms with Crippen LogP contribution in [0.4, 0.5) is 0 Å². The van der Waals surface area contributed by atoms with Crippen molar-refractivity contribution < 1.29 is 23.9 Å². The fourth-order valence-electron chi connectivity index (χ4n) is 4.87. The summed E-state index contributed by atoms with van der Waals surface area (Å²) in [6.07, 6.45) is 0.197. The third-order valence-corrected chi connectivity index (χ3v) is 8.00. The molecule has 2 aromatic carbocycles. The monoisotopic (exact) mass is 561 g/mol. The average Bonchev–Trinajstić information content (AvgIpc) is 3.71. The first kappa shape index (κ1) is 27.5. The Hall–Kier alpha value is -4.06. The molecule has 208 valence electrons. The number of carbonyl (C=O) groups is 3. The SMILES string of the molecule is Cc1ccc(-c2ccc(C(=O)NCC(=O)N3CC4(C[C@H]3C(=O)NCc3cc(C(=N)N)cs3)OCCO4)cc2)cc1. The first-order valence-corrected chi connectivity index (χ1v) is 13.8. The number of rotatable bonds is 8. The van der Waals surface area contributed by atoms with E-state index in [-0.39, 0.29) is 43.7 Å². The van der Waals surface area contributed by atoms with Crippen molar-refractivity contribution >= 4 is 34.9 Å². The van der Waals surface area contributed by atoms with E-state index in [0.717, 1.165) is 16.0 Å². The van der Waals surface area contributed by atoms with Gasteiger partial charge in [0, 0.05) is 27.8 Å². The van der Waals surface area contributed by atoms with Crippen LogP contribution in [-0.2, 0) is 25.6 Å². The van der Waals surface area contributed by atoms with Gasteiger partial charge in [-0.3, -0.25) is 19.8 Å². The fourth-order valence-corrected chi connectivity index (χ4v) is 5.69. The minimum Gasteiger partial charge on any atom is -0.384 e. The summed E-state index contributed by atoms with van der Waals surface area (Å²) in [5, 5.41) is 14.8. The molecule has 1 aromatic heterocycles. The molecule has 1 atom stereocenters. The Kier molecular flexibility index (Phi) is 7.97. The lowest BCUT2D eigenvalue weighted by Gasteiger charge is -2.24. The van der Waals surface area contributed by atoms with Gasteiger partial charge >= 0.3 is 0 Å². The molecule has 11 heteroatoms. The second-order valence-electron chi connectivity index (χ2n) is 9.91. The van der Waals surface area contributed by atoms with E-state index in [1.807, 2.05) is 43.3 Å². The third kappa shape index (κ3) is 6.06. The van der Waals surface area contributed by atoms with Crippen molar-refractivity contribution in [1.82, 2.24) is 15.5 Å². The van der Waals surface area contributed by atoms with Crippen molar-refractivity contribution in [1.29, 1.82) is 5.41 Å². The molecule has 5 N–H and O–H groups in total. The molecule has 5 rings (SSSR count). The number of amides is 3. The molecule has 0 unspecified atom stereocenters. The highest BCUT2D eigenvalue weighted by atomic mass is 32.1. The number of hydrogen-bond acceptors (Lipinski definition) is 7. The van der Waals surface area contributed by atoms with Gasteiger partial charge in [-0.25, -0.2) is 0 Å². The van der Waals surface area contributed by atoms with Gasteiger partial charge in [0.15, 0.2) is 5.79 Å². The molecule has 3 aromatic rings. The number of hydrogen-bond donors (Lipinski definition) is 4. The zero-order valence-corrected chi connectivity index (χ0v) is 22.9. The van der Waals surface area contributed by atoms with E-state index in [4.69, 9.17) is 20.6 Å². The highest BCUT2D eigenvalue weighted by Gasteiger charge is 2.52. The normalized spacial score (nSPS) is 17.6. The van der Waals surface area contributed by atoms with Crippen molar-refractivity contribution in [3.05, 3.63) is 81.5 Å². The highest BCUT2D eigenvalue weighted by molar-refractivity contribution is 7.10. The average molecular weight is 562 g/mol. The predicted octanol–water partition coefficient (Wildman–Crippen LogP) is 2.40. The molecule has 0 bridgehead atoms. The number of benzene rings is 2. The van der Waals surface area contributed by atoms with Gasteiger partial charge in [-0.15, -0.1) is 11.3 Å². The van der Waals surface area contributed by atoms with E-state index in [2.05, 4.69) is 10.6 Å². The van der Waals surface area contributed by atoms with Gasteiger partial charge in [0.1, 0.15) is 11.9 Å². The van der Waals surface area contributed by atoms with E-state index in [1.54, 1.807) is 23.6 Å². The minimum atomic E-state index is -1.03. The summed E-state index contributed by atoms with van der Waals surface area (Å²) in [6, 6.07) is 16.2. The Morgan fingerprint density at radius 1 is 1.02 bits per heavy atom. The van der Waals surface area contributed by atoms with Gasteiger partial charge < -0.3 is 30.7 Å². The number of nitrogens with two attached hydrogens (primary N) is 1. The van der Waals surface area contributed by atoms with Gasteiger partial charge in [0.2, 0.25) is 11.8 Å². The van der Waals surface area contributed by atoms with Crippen LogP contribution in [-0.4, -0.2) is 66.6 Å². The molecular formula is C29H31N5O5S. The zero-order chi connectivity index (χ0) is 28.3. The lowest BCUT2D eigenvalue weighted by molar-refractivity contribution is -0.152. The standard InChI is InChI=1S/C29H31N5O5S/c1-18-2-4-19(5-3-18)20-6-8-21(9-7-20)27(36)33-15-25(35)34-17-29(38-10-11-39-29)13-24(34)28(37)32-14-23-12-22(16-40-23)26(30)31/h2-9,12,16,24H,10-11,13-15,17H2,1H3,(H3,30,31)(H,32,37)(H,33,36)/t24-/m0/s1. The molecule has 0 saturated carbocycles. The van der Waals surface area contributed by atoms with Crippen LogP contribution in [0.1, 0.15) is 32.8 Å². The van der Waals surface area contributed by atoms with Gasteiger partial charge in [-0.05, 0) is 36.2 Å². The molecule has 1 spiro atoms. The van der Waals surface area contributed by atoms with Crippen LogP contribution in [0, 0.1) is 12.3 Å². The van der Waals surface area contributed by atoms with Crippen LogP contribution in [0.3, 0.4) is 0 Å². The van der Waals surface area contributed by atoms with E-state index in [1.165, 1.54) is 21.8 Å². The molecular weight excluding hydrogens is 530 g/mol. The van der Waals surface area contributed by atoms with Crippen LogP contribution in [0.25, 0.3) is 11.1 Å². The first-order valence-electron chi connectivity index (χ1n) is 13.0. The Labute approximate surface area is 236 Å². The predicted molar refractivity (Wildman–Crippen MR) is 151 cm³/mol. The molecule has 0 aliphatic carbocycles. The van der Waals surface area contributed by atoms with E-state index >= 15 is 0 Å². The smallest absolute Gasteiger partial charge is 0.251 e. The van der Waals surface area contributed by atoms with Crippen LogP contribution in [0.2, 0.25) is 0 Å². The number of nitrogen functional groups attached to an aromatic ring is 1. The molecule has 3 heterocycles. The third-order valence-electron chi connectivity index (χ3n) is 7.06. The van der Waals surface area contributed by atoms with Crippen LogP contribution < -0.4 is 16.4 Å². The maximum absolute atomic E-state index is 13.2. The van der Waals surface area contributed by atoms with E-state index in [9.17, 15) is 14.4 Å². The fraction of sp³-hybridized carbons (Fsp3) is 0.310. The second kappa shape index (κ2) is 11.6. The summed E-state index contributed by atoms with van der Waals surface area (Å²) in [5.41, 5.74) is 9.76. The molecule has 2 saturated heterocycles. The molecule has 2 aliphatic heterocycles. The van der Waals surface area contributed by atoms with Crippen molar-refractivity contribution in [2.45, 2.75) is 31.7 Å². The summed E-state index contributed by atoms with van der Waals surface area (Å²) in [5.74, 6) is -2.21. The number of ether oxygens (including phenoxy) is 2. The Balaban J connectivity index is 1.20. The lowest BCUT2D eigenvalue weighted by Crippen LogP contribution is -2.49. The Morgan fingerprint density at radius 3 is 2.30 bits per heavy atom. The Morgan fingerprint density at radius 2 is 1.68 bits per heavy atom. The van der Waals surface area contributed by atoms with Crippen molar-refractivity contribution in [2.75, 3.05) is 26.3 Å². The highest BCUT2D eigenvalue weighted by Crippen LogP contribution is 2.35. The summed E-state index contributed by atoms with van der Waals surface area (Å²) in [4.78, 5) is 41.5. The van der Waals surface area contributed by atoms with Gasteiger partial charge in [-0.1, -0.05) is 42.0 Å². The molecule has 10 nitrogen and oxygen atoms in total. The largest absolute Gasteiger partial charge is 0.384 e. The lowest BCUT2D eigenvalue weighted by atomic mass is 10.0. The van der Waals surface area contributed by atoms with E-state index < -0.39 is 17.7 Å². The van der Waals surface area contributed by atoms with Crippen LogP contribution in [0.15, 0.2) is 60.0 Å². The van der Waals surface area contributed by atoms with Gasteiger partial charge in [-0.2, -0.15) is 0 Å². The van der Waals surface area contributed by atoms with Gasteiger partial charge in [0.25, 0.3) is 5.91 Å². The summed E-state index contributed by atoms with van der Waals surface area (Å²) < 4.78 is 11.6. The molecule has 2 fully saturated rings. The molecule has 40 heavy (non-hydrogen) atoms. The molecule has 3 amide bonds. The summed E-state index contributed by atoms with van der Waals surface area (Å²) in [6.45, 7) is 2.85. The van der Waals surface area contributed by atoms with Crippen molar-refractivity contribution in [3.63, 3.8) is 0 Å². The number of nitrogens with one attached hydrogen (secondary N) is 3. The van der Waals surface area contributed by atoms with E-state index in [0.29, 0.717) is 24.3 Å². The second-order valence-corrected chi connectivity index (χ2v) is 10.9. The summed E-state index contributed by atoms with van der Waals surface area (Å²) >= 11 is 1.38.